The Morgan fingerprint density at radius 2 is 2.09 bits per heavy atom. The van der Waals surface area contributed by atoms with E-state index < -0.39 is 0 Å². The molecule has 1 N–H and O–H groups in total. The highest BCUT2D eigenvalue weighted by molar-refractivity contribution is 7.99. The number of hydrogen-bond acceptors (Lipinski definition) is 4. The van der Waals surface area contributed by atoms with Crippen LogP contribution in [-0.2, 0) is 11.3 Å². The molecule has 1 aliphatic rings. The maximum atomic E-state index is 12.6. The number of thioether (sulfide) groups is 1. The van der Waals surface area contributed by atoms with Crippen molar-refractivity contribution >= 4 is 17.7 Å². The summed E-state index contributed by atoms with van der Waals surface area (Å²) in [6.07, 6.45) is 7.92. The summed E-state index contributed by atoms with van der Waals surface area (Å²) in [5.41, 5.74) is -0.187. The largest absolute Gasteiger partial charge is 0.343 e. The van der Waals surface area contributed by atoms with Crippen LogP contribution in [-0.4, -0.2) is 43.9 Å². The number of aromatic amines is 1. The molecule has 0 aromatic carbocycles. The number of carbonyl (C=O) groups excluding carboxylic acids is 1. The molecule has 2 rings (SSSR count). The number of nitrogens with zero attached hydrogens (tertiary/aromatic N) is 3. The zero-order valence-electron chi connectivity index (χ0n) is 14.2. The summed E-state index contributed by atoms with van der Waals surface area (Å²) in [6.45, 7) is 5.55. The number of unbranched alkanes of at least 4 members (excludes halogenated alkanes) is 1. The van der Waals surface area contributed by atoms with E-state index >= 15 is 0 Å². The van der Waals surface area contributed by atoms with E-state index in [1.54, 1.807) is 4.57 Å². The van der Waals surface area contributed by atoms with Gasteiger partial charge in [-0.15, -0.1) is 5.10 Å². The Kier molecular flexibility index (Phi) is 7.20. The van der Waals surface area contributed by atoms with Crippen LogP contribution in [0.25, 0.3) is 0 Å². The Morgan fingerprint density at radius 3 is 2.74 bits per heavy atom. The van der Waals surface area contributed by atoms with E-state index in [0.29, 0.717) is 23.5 Å². The van der Waals surface area contributed by atoms with E-state index in [0.717, 1.165) is 32.2 Å². The molecule has 1 aliphatic carbocycles. The zero-order valence-corrected chi connectivity index (χ0v) is 15.0. The maximum Gasteiger partial charge on any atom is 0.343 e. The van der Waals surface area contributed by atoms with E-state index in [1.165, 1.54) is 31.0 Å². The van der Waals surface area contributed by atoms with Gasteiger partial charge in [0.15, 0.2) is 5.16 Å². The van der Waals surface area contributed by atoms with Gasteiger partial charge in [-0.25, -0.2) is 9.89 Å². The molecule has 1 aromatic heterocycles. The molecular formula is C16H28N4O2S. The summed E-state index contributed by atoms with van der Waals surface area (Å²) in [7, 11) is 0. The first kappa shape index (κ1) is 18.1. The highest BCUT2D eigenvalue weighted by atomic mass is 32.2. The number of rotatable bonds is 8. The summed E-state index contributed by atoms with van der Waals surface area (Å²) in [4.78, 5) is 26.3. The summed E-state index contributed by atoms with van der Waals surface area (Å²) >= 11 is 1.36. The molecule has 1 amide bonds. The molecule has 7 heteroatoms. The van der Waals surface area contributed by atoms with E-state index in [9.17, 15) is 9.59 Å². The Balaban J connectivity index is 1.93. The molecule has 0 radical (unpaired) electrons. The SMILES string of the molecule is CCCCn1c(SCC(=O)N(CC)C2CCCCC2)n[nH]c1=O. The summed E-state index contributed by atoms with van der Waals surface area (Å²) in [5.74, 6) is 0.503. The second-order valence-electron chi connectivity index (χ2n) is 6.08. The standard InChI is InChI=1S/C16H28N4O2S/c1-3-5-11-20-15(22)17-18-16(20)23-12-14(21)19(4-2)13-9-7-6-8-10-13/h13H,3-12H2,1-2H3,(H,17,22). The molecule has 0 atom stereocenters. The lowest BCUT2D eigenvalue weighted by atomic mass is 9.94. The average molecular weight is 340 g/mol. The minimum absolute atomic E-state index is 0.155. The Hall–Kier alpha value is -1.24. The van der Waals surface area contributed by atoms with Crippen LogP contribution < -0.4 is 5.69 Å². The minimum atomic E-state index is -0.187. The fourth-order valence-corrected chi connectivity index (χ4v) is 4.03. The number of nitrogens with one attached hydrogen (secondary N) is 1. The fraction of sp³-hybridized carbons (Fsp3) is 0.812. The number of aromatic nitrogens is 3. The highest BCUT2D eigenvalue weighted by Gasteiger charge is 2.24. The molecule has 0 spiro atoms. The second kappa shape index (κ2) is 9.15. The van der Waals surface area contributed by atoms with Gasteiger partial charge in [-0.2, -0.15) is 0 Å². The first-order valence-electron chi connectivity index (χ1n) is 8.74. The lowest BCUT2D eigenvalue weighted by Gasteiger charge is -2.33. The molecule has 1 fully saturated rings. The number of H-pyrrole nitrogens is 1. The molecule has 0 saturated heterocycles. The van der Waals surface area contributed by atoms with Crippen LogP contribution in [0.1, 0.15) is 58.8 Å². The topological polar surface area (TPSA) is 71.0 Å². The predicted octanol–water partition coefficient (Wildman–Crippen LogP) is 2.64. The van der Waals surface area contributed by atoms with Gasteiger partial charge in [0.1, 0.15) is 0 Å². The lowest BCUT2D eigenvalue weighted by molar-refractivity contribution is -0.131. The van der Waals surface area contributed by atoms with Gasteiger partial charge in [0.25, 0.3) is 0 Å². The van der Waals surface area contributed by atoms with Gasteiger partial charge in [0.05, 0.1) is 5.75 Å². The van der Waals surface area contributed by atoms with Crippen LogP contribution in [0, 0.1) is 0 Å². The first-order valence-corrected chi connectivity index (χ1v) is 9.73. The Labute approximate surface area is 142 Å². The molecule has 6 nitrogen and oxygen atoms in total. The Bertz CT molecular complexity index is 549. The monoisotopic (exact) mass is 340 g/mol. The fourth-order valence-electron chi connectivity index (χ4n) is 3.17. The van der Waals surface area contributed by atoms with Crippen molar-refractivity contribution in [1.82, 2.24) is 19.7 Å². The van der Waals surface area contributed by atoms with Gasteiger partial charge in [0, 0.05) is 19.1 Å². The molecule has 130 valence electrons. The molecule has 1 aromatic rings. The van der Waals surface area contributed by atoms with Crippen molar-refractivity contribution in [3.05, 3.63) is 10.5 Å². The van der Waals surface area contributed by atoms with Crippen LogP contribution in [0.3, 0.4) is 0 Å². The normalized spacial score (nSPS) is 15.7. The third kappa shape index (κ3) is 4.86. The zero-order chi connectivity index (χ0) is 16.7. The second-order valence-corrected chi connectivity index (χ2v) is 7.02. The molecule has 1 saturated carbocycles. The van der Waals surface area contributed by atoms with Gasteiger partial charge in [0.2, 0.25) is 5.91 Å². The van der Waals surface area contributed by atoms with Crippen molar-refractivity contribution in [2.45, 2.75) is 76.5 Å². The molecule has 23 heavy (non-hydrogen) atoms. The van der Waals surface area contributed by atoms with E-state index in [-0.39, 0.29) is 11.6 Å². The van der Waals surface area contributed by atoms with E-state index in [4.69, 9.17) is 0 Å². The van der Waals surface area contributed by atoms with Gasteiger partial charge in [-0.1, -0.05) is 44.4 Å². The van der Waals surface area contributed by atoms with Crippen molar-refractivity contribution in [2.24, 2.45) is 0 Å². The molecule has 0 aliphatic heterocycles. The van der Waals surface area contributed by atoms with E-state index in [1.807, 2.05) is 11.8 Å². The minimum Gasteiger partial charge on any atom is -0.339 e. The first-order chi connectivity index (χ1) is 11.2. The van der Waals surface area contributed by atoms with Crippen LogP contribution in [0.4, 0.5) is 0 Å². The third-order valence-corrected chi connectivity index (χ3v) is 5.42. The predicted molar refractivity (Wildman–Crippen MR) is 92.7 cm³/mol. The van der Waals surface area contributed by atoms with Crippen molar-refractivity contribution in [3.8, 4) is 0 Å². The number of amides is 1. The van der Waals surface area contributed by atoms with Gasteiger partial charge >= 0.3 is 5.69 Å². The van der Waals surface area contributed by atoms with Crippen LogP contribution in [0.2, 0.25) is 0 Å². The summed E-state index contributed by atoms with van der Waals surface area (Å²) in [6, 6.07) is 0.392. The van der Waals surface area contributed by atoms with E-state index in [2.05, 4.69) is 17.1 Å². The number of carbonyl (C=O) groups is 1. The summed E-state index contributed by atoms with van der Waals surface area (Å²) in [5, 5.41) is 7.17. The van der Waals surface area contributed by atoms with Gasteiger partial charge in [-0.05, 0) is 26.2 Å². The smallest absolute Gasteiger partial charge is 0.339 e. The maximum absolute atomic E-state index is 12.6. The quantitative estimate of drug-likeness (QED) is 0.739. The van der Waals surface area contributed by atoms with Crippen molar-refractivity contribution in [2.75, 3.05) is 12.3 Å². The van der Waals surface area contributed by atoms with Crippen LogP contribution in [0.15, 0.2) is 9.95 Å². The molecule has 0 bridgehead atoms. The lowest BCUT2D eigenvalue weighted by Crippen LogP contribution is -2.42. The highest BCUT2D eigenvalue weighted by Crippen LogP contribution is 2.24. The third-order valence-electron chi connectivity index (χ3n) is 4.46. The van der Waals surface area contributed by atoms with Crippen molar-refractivity contribution in [1.29, 1.82) is 0 Å². The molecule has 0 unspecified atom stereocenters. The summed E-state index contributed by atoms with van der Waals surface area (Å²) < 4.78 is 1.64. The van der Waals surface area contributed by atoms with Crippen molar-refractivity contribution < 1.29 is 4.79 Å². The number of hydrogen-bond donors (Lipinski definition) is 1. The van der Waals surface area contributed by atoms with Crippen LogP contribution >= 0.6 is 11.8 Å². The van der Waals surface area contributed by atoms with Crippen molar-refractivity contribution in [3.63, 3.8) is 0 Å². The molecular weight excluding hydrogens is 312 g/mol. The van der Waals surface area contributed by atoms with Crippen LogP contribution in [0.5, 0.6) is 0 Å². The van der Waals surface area contributed by atoms with Gasteiger partial charge < -0.3 is 4.90 Å². The molecule has 1 heterocycles. The van der Waals surface area contributed by atoms with Gasteiger partial charge in [-0.3, -0.25) is 9.36 Å². The Morgan fingerprint density at radius 1 is 1.35 bits per heavy atom. The average Bonchev–Trinajstić information content (AvgIpc) is 2.92.